The van der Waals surface area contributed by atoms with Crippen LogP contribution in [0.2, 0.25) is 0 Å². The summed E-state index contributed by atoms with van der Waals surface area (Å²) in [5.74, 6) is 2.21. The van der Waals surface area contributed by atoms with E-state index in [2.05, 4.69) is 0 Å². The van der Waals surface area contributed by atoms with Crippen LogP contribution in [0.4, 0.5) is 0 Å². The number of carbonyl (C=O) groups is 1. The predicted octanol–water partition coefficient (Wildman–Crippen LogP) is 3.76. The van der Waals surface area contributed by atoms with Gasteiger partial charge < -0.3 is 19.1 Å². The summed E-state index contributed by atoms with van der Waals surface area (Å²) in [7, 11) is 3.23. The maximum absolute atomic E-state index is 12.5. The number of nitrogens with zero attached hydrogens (tertiary/aromatic N) is 1. The molecule has 134 valence electrons. The fourth-order valence-corrected chi connectivity index (χ4v) is 2.55. The van der Waals surface area contributed by atoms with Crippen molar-refractivity contribution in [1.82, 2.24) is 4.90 Å². The van der Waals surface area contributed by atoms with E-state index in [1.165, 1.54) is 0 Å². The lowest BCUT2D eigenvalue weighted by atomic mass is 10.1. The zero-order valence-corrected chi connectivity index (χ0v) is 15.2. The number of carbonyl (C=O) groups excluding carboxylic acids is 1. The molecule has 0 aliphatic heterocycles. The van der Waals surface area contributed by atoms with Gasteiger partial charge in [0.2, 0.25) is 0 Å². The fourth-order valence-electron chi connectivity index (χ4n) is 2.55. The number of hydrogen-bond acceptors (Lipinski definition) is 4. The minimum atomic E-state index is 0.0124. The van der Waals surface area contributed by atoms with Gasteiger partial charge in [0.1, 0.15) is 23.9 Å². The molecule has 0 radical (unpaired) electrons. The number of amides is 1. The Morgan fingerprint density at radius 1 is 0.920 bits per heavy atom. The lowest BCUT2D eigenvalue weighted by molar-refractivity contribution is 0.0772. The van der Waals surface area contributed by atoms with Gasteiger partial charge in [-0.3, -0.25) is 4.79 Å². The second-order valence-electron chi connectivity index (χ2n) is 5.47. The van der Waals surface area contributed by atoms with E-state index in [1.807, 2.05) is 50.2 Å². The predicted molar refractivity (Wildman–Crippen MR) is 97.6 cm³/mol. The van der Waals surface area contributed by atoms with Gasteiger partial charge in [0, 0.05) is 24.2 Å². The number of benzene rings is 2. The SMILES string of the molecule is CCN(CC)C(=O)c1ccc(OC)c(COc2ccc(OC)cc2)c1. The molecule has 0 heterocycles. The van der Waals surface area contributed by atoms with Gasteiger partial charge in [-0.2, -0.15) is 0 Å². The molecule has 2 rings (SSSR count). The van der Waals surface area contributed by atoms with Crippen LogP contribution in [0.1, 0.15) is 29.8 Å². The van der Waals surface area contributed by atoms with Crippen molar-refractivity contribution in [2.75, 3.05) is 27.3 Å². The van der Waals surface area contributed by atoms with Gasteiger partial charge in [-0.05, 0) is 56.3 Å². The molecule has 2 aromatic rings. The largest absolute Gasteiger partial charge is 0.497 e. The van der Waals surface area contributed by atoms with Crippen LogP contribution in [0, 0.1) is 0 Å². The average molecular weight is 343 g/mol. The zero-order chi connectivity index (χ0) is 18.2. The monoisotopic (exact) mass is 343 g/mol. The number of methoxy groups -OCH3 is 2. The highest BCUT2D eigenvalue weighted by molar-refractivity contribution is 5.94. The molecule has 0 aliphatic carbocycles. The first-order valence-corrected chi connectivity index (χ1v) is 8.35. The highest BCUT2D eigenvalue weighted by atomic mass is 16.5. The summed E-state index contributed by atoms with van der Waals surface area (Å²) >= 11 is 0. The Morgan fingerprint density at radius 2 is 1.56 bits per heavy atom. The summed E-state index contributed by atoms with van der Waals surface area (Å²) in [6, 6.07) is 12.8. The molecule has 0 saturated carbocycles. The average Bonchev–Trinajstić information content (AvgIpc) is 2.67. The quantitative estimate of drug-likeness (QED) is 0.732. The Hall–Kier alpha value is -2.69. The van der Waals surface area contributed by atoms with Gasteiger partial charge in [0.25, 0.3) is 5.91 Å². The minimum absolute atomic E-state index is 0.0124. The molecular weight excluding hydrogens is 318 g/mol. The van der Waals surface area contributed by atoms with Crippen molar-refractivity contribution in [3.8, 4) is 17.2 Å². The second kappa shape index (κ2) is 8.97. The molecule has 0 fully saturated rings. The highest BCUT2D eigenvalue weighted by Gasteiger charge is 2.15. The Kier molecular flexibility index (Phi) is 6.69. The van der Waals surface area contributed by atoms with Crippen LogP contribution in [0.15, 0.2) is 42.5 Å². The molecule has 0 aromatic heterocycles. The van der Waals surface area contributed by atoms with E-state index in [1.54, 1.807) is 25.2 Å². The zero-order valence-electron chi connectivity index (χ0n) is 15.2. The Labute approximate surface area is 149 Å². The molecule has 2 aromatic carbocycles. The fraction of sp³-hybridized carbons (Fsp3) is 0.350. The van der Waals surface area contributed by atoms with E-state index in [4.69, 9.17) is 14.2 Å². The van der Waals surface area contributed by atoms with Gasteiger partial charge >= 0.3 is 0 Å². The Bertz CT molecular complexity index is 693. The van der Waals surface area contributed by atoms with Crippen LogP contribution < -0.4 is 14.2 Å². The number of hydrogen-bond donors (Lipinski definition) is 0. The standard InChI is InChI=1S/C20H25NO4/c1-5-21(6-2)20(22)15-7-12-19(24-4)16(13-15)14-25-18-10-8-17(23-3)9-11-18/h7-13H,5-6,14H2,1-4H3. The second-order valence-corrected chi connectivity index (χ2v) is 5.47. The number of ether oxygens (including phenoxy) is 3. The van der Waals surface area contributed by atoms with Crippen molar-refractivity contribution in [1.29, 1.82) is 0 Å². The molecular formula is C20H25NO4. The minimum Gasteiger partial charge on any atom is -0.497 e. The van der Waals surface area contributed by atoms with Crippen molar-refractivity contribution >= 4 is 5.91 Å². The van der Waals surface area contributed by atoms with Crippen molar-refractivity contribution in [3.05, 3.63) is 53.6 Å². The normalized spacial score (nSPS) is 10.2. The van der Waals surface area contributed by atoms with Gasteiger partial charge in [-0.1, -0.05) is 0 Å². The molecule has 0 spiro atoms. The van der Waals surface area contributed by atoms with E-state index in [0.29, 0.717) is 31.0 Å². The molecule has 0 atom stereocenters. The van der Waals surface area contributed by atoms with Crippen LogP contribution in [-0.4, -0.2) is 38.1 Å². The van der Waals surface area contributed by atoms with Crippen LogP contribution >= 0.6 is 0 Å². The Morgan fingerprint density at radius 3 is 2.12 bits per heavy atom. The van der Waals surface area contributed by atoms with Crippen molar-refractivity contribution in [2.24, 2.45) is 0 Å². The molecule has 1 amide bonds. The first-order valence-electron chi connectivity index (χ1n) is 8.35. The first-order chi connectivity index (χ1) is 12.1. The third kappa shape index (κ3) is 4.66. The van der Waals surface area contributed by atoms with E-state index in [9.17, 15) is 4.79 Å². The van der Waals surface area contributed by atoms with E-state index in [0.717, 1.165) is 17.1 Å². The Balaban J connectivity index is 2.17. The lowest BCUT2D eigenvalue weighted by Gasteiger charge is -2.19. The van der Waals surface area contributed by atoms with Crippen LogP contribution in [0.5, 0.6) is 17.2 Å². The van der Waals surface area contributed by atoms with Crippen molar-refractivity contribution < 1.29 is 19.0 Å². The molecule has 0 N–H and O–H groups in total. The van der Waals surface area contributed by atoms with E-state index in [-0.39, 0.29) is 5.91 Å². The van der Waals surface area contributed by atoms with Crippen molar-refractivity contribution in [2.45, 2.75) is 20.5 Å². The summed E-state index contributed by atoms with van der Waals surface area (Å²) in [4.78, 5) is 14.3. The van der Waals surface area contributed by atoms with Crippen LogP contribution in [0.3, 0.4) is 0 Å². The summed E-state index contributed by atoms with van der Waals surface area (Å²) in [5.41, 5.74) is 1.47. The molecule has 5 heteroatoms. The van der Waals surface area contributed by atoms with E-state index < -0.39 is 0 Å². The molecule has 25 heavy (non-hydrogen) atoms. The van der Waals surface area contributed by atoms with Gasteiger partial charge in [-0.25, -0.2) is 0 Å². The van der Waals surface area contributed by atoms with Crippen LogP contribution in [0.25, 0.3) is 0 Å². The number of rotatable bonds is 8. The van der Waals surface area contributed by atoms with Gasteiger partial charge in [-0.15, -0.1) is 0 Å². The van der Waals surface area contributed by atoms with Crippen LogP contribution in [-0.2, 0) is 6.61 Å². The third-order valence-electron chi connectivity index (χ3n) is 4.03. The molecule has 0 unspecified atom stereocenters. The molecule has 5 nitrogen and oxygen atoms in total. The summed E-state index contributed by atoms with van der Waals surface area (Å²) in [5, 5.41) is 0. The maximum atomic E-state index is 12.5. The summed E-state index contributed by atoms with van der Waals surface area (Å²) in [6.45, 7) is 5.62. The van der Waals surface area contributed by atoms with E-state index >= 15 is 0 Å². The van der Waals surface area contributed by atoms with Gasteiger partial charge in [0.15, 0.2) is 0 Å². The topological polar surface area (TPSA) is 48.0 Å². The third-order valence-corrected chi connectivity index (χ3v) is 4.03. The molecule has 0 aliphatic rings. The van der Waals surface area contributed by atoms with Gasteiger partial charge in [0.05, 0.1) is 14.2 Å². The lowest BCUT2D eigenvalue weighted by Crippen LogP contribution is -2.30. The maximum Gasteiger partial charge on any atom is 0.253 e. The smallest absolute Gasteiger partial charge is 0.253 e. The molecule has 0 saturated heterocycles. The highest BCUT2D eigenvalue weighted by Crippen LogP contribution is 2.24. The molecule has 0 bridgehead atoms. The first kappa shape index (κ1) is 18.6. The van der Waals surface area contributed by atoms with Crippen molar-refractivity contribution in [3.63, 3.8) is 0 Å². The summed E-state index contributed by atoms with van der Waals surface area (Å²) in [6.07, 6.45) is 0. The summed E-state index contributed by atoms with van der Waals surface area (Å²) < 4.78 is 16.4.